The monoisotopic (exact) mass is 246 g/mol. The Bertz CT molecular complexity index is 534. The van der Waals surface area contributed by atoms with E-state index in [0.717, 1.165) is 17.0 Å². The Morgan fingerprint density at radius 2 is 2.22 bits per heavy atom. The molecule has 2 aromatic rings. The van der Waals surface area contributed by atoms with Gasteiger partial charge in [0.05, 0.1) is 25.5 Å². The van der Waals surface area contributed by atoms with E-state index in [1.807, 2.05) is 25.3 Å². The van der Waals surface area contributed by atoms with Crippen LogP contribution in [0, 0.1) is 6.92 Å². The lowest BCUT2D eigenvalue weighted by Gasteiger charge is -2.09. The molecule has 0 spiro atoms. The fraction of sp³-hybridized carbons (Fsp3) is 0.385. The van der Waals surface area contributed by atoms with Gasteiger partial charge in [-0.15, -0.1) is 5.10 Å². The standard InChI is InChI=1S/C13H18N4O/c1-9-4-5-13(18-3)11(6-9)7-17-8-12(10(2)14)15-16-17/h4-6,8,10H,7,14H2,1-3H3. The Morgan fingerprint density at radius 1 is 1.44 bits per heavy atom. The van der Waals surface area contributed by atoms with E-state index < -0.39 is 0 Å². The van der Waals surface area contributed by atoms with Crippen LogP contribution in [0.4, 0.5) is 0 Å². The van der Waals surface area contributed by atoms with E-state index in [1.165, 1.54) is 5.56 Å². The third-order valence-corrected chi connectivity index (χ3v) is 2.79. The molecule has 5 nitrogen and oxygen atoms in total. The highest BCUT2D eigenvalue weighted by Crippen LogP contribution is 2.20. The summed E-state index contributed by atoms with van der Waals surface area (Å²) in [4.78, 5) is 0. The number of hydrogen-bond acceptors (Lipinski definition) is 4. The van der Waals surface area contributed by atoms with Crippen molar-refractivity contribution in [1.29, 1.82) is 0 Å². The number of nitrogens with zero attached hydrogens (tertiary/aromatic N) is 3. The number of benzene rings is 1. The van der Waals surface area contributed by atoms with Gasteiger partial charge in [0.1, 0.15) is 5.75 Å². The Hall–Kier alpha value is -1.88. The van der Waals surface area contributed by atoms with E-state index in [4.69, 9.17) is 10.5 Å². The van der Waals surface area contributed by atoms with Crippen LogP contribution in [0.2, 0.25) is 0 Å². The molecule has 1 aromatic heterocycles. The van der Waals surface area contributed by atoms with Crippen LogP contribution in [0.1, 0.15) is 29.8 Å². The number of aryl methyl sites for hydroxylation is 1. The summed E-state index contributed by atoms with van der Waals surface area (Å²) in [5.74, 6) is 0.860. The zero-order valence-electron chi connectivity index (χ0n) is 10.9. The van der Waals surface area contributed by atoms with Gasteiger partial charge in [0.2, 0.25) is 0 Å². The summed E-state index contributed by atoms with van der Waals surface area (Å²) in [6, 6.07) is 5.98. The van der Waals surface area contributed by atoms with Crippen molar-refractivity contribution in [3.05, 3.63) is 41.2 Å². The first kappa shape index (κ1) is 12.6. The van der Waals surface area contributed by atoms with Crippen molar-refractivity contribution in [2.75, 3.05) is 7.11 Å². The molecular formula is C13H18N4O. The minimum atomic E-state index is -0.0989. The first-order valence-corrected chi connectivity index (χ1v) is 5.89. The predicted molar refractivity (Wildman–Crippen MR) is 69.5 cm³/mol. The molecule has 0 fully saturated rings. The number of aromatic nitrogens is 3. The Balaban J connectivity index is 2.24. The van der Waals surface area contributed by atoms with Crippen LogP contribution in [0.15, 0.2) is 24.4 Å². The van der Waals surface area contributed by atoms with Crippen LogP contribution in [-0.2, 0) is 6.54 Å². The van der Waals surface area contributed by atoms with Gasteiger partial charge in [0, 0.05) is 11.6 Å². The molecule has 0 aliphatic heterocycles. The zero-order valence-corrected chi connectivity index (χ0v) is 10.9. The van der Waals surface area contributed by atoms with Gasteiger partial charge >= 0.3 is 0 Å². The quantitative estimate of drug-likeness (QED) is 0.891. The van der Waals surface area contributed by atoms with Crippen LogP contribution in [0.5, 0.6) is 5.75 Å². The molecule has 0 bridgehead atoms. The summed E-state index contributed by atoms with van der Waals surface area (Å²) in [5, 5.41) is 8.11. The van der Waals surface area contributed by atoms with E-state index >= 15 is 0 Å². The summed E-state index contributed by atoms with van der Waals surface area (Å²) in [6.07, 6.45) is 1.87. The van der Waals surface area contributed by atoms with Crippen molar-refractivity contribution < 1.29 is 4.74 Å². The number of ether oxygens (including phenoxy) is 1. The second-order valence-electron chi connectivity index (χ2n) is 4.44. The molecular weight excluding hydrogens is 228 g/mol. The van der Waals surface area contributed by atoms with Crippen LogP contribution in [-0.4, -0.2) is 22.1 Å². The number of methoxy groups -OCH3 is 1. The fourth-order valence-corrected chi connectivity index (χ4v) is 1.80. The minimum Gasteiger partial charge on any atom is -0.496 e. The summed E-state index contributed by atoms with van der Waals surface area (Å²) < 4.78 is 7.11. The third-order valence-electron chi connectivity index (χ3n) is 2.79. The molecule has 5 heteroatoms. The molecule has 0 saturated carbocycles. The van der Waals surface area contributed by atoms with Crippen molar-refractivity contribution in [3.8, 4) is 5.75 Å². The van der Waals surface area contributed by atoms with Crippen LogP contribution in [0.25, 0.3) is 0 Å². The van der Waals surface area contributed by atoms with Crippen molar-refractivity contribution in [2.45, 2.75) is 26.4 Å². The lowest BCUT2D eigenvalue weighted by molar-refractivity contribution is 0.407. The van der Waals surface area contributed by atoms with Crippen LogP contribution < -0.4 is 10.5 Å². The second kappa shape index (κ2) is 5.18. The maximum Gasteiger partial charge on any atom is 0.123 e. The van der Waals surface area contributed by atoms with E-state index in [1.54, 1.807) is 11.8 Å². The summed E-state index contributed by atoms with van der Waals surface area (Å²) in [5.41, 5.74) is 8.83. The maximum absolute atomic E-state index is 5.76. The zero-order chi connectivity index (χ0) is 13.1. The first-order valence-electron chi connectivity index (χ1n) is 5.89. The fourth-order valence-electron chi connectivity index (χ4n) is 1.80. The van der Waals surface area contributed by atoms with E-state index in [9.17, 15) is 0 Å². The molecule has 18 heavy (non-hydrogen) atoms. The highest BCUT2D eigenvalue weighted by atomic mass is 16.5. The average Bonchev–Trinajstić information content (AvgIpc) is 2.78. The van der Waals surface area contributed by atoms with E-state index in [0.29, 0.717) is 6.54 Å². The van der Waals surface area contributed by atoms with Gasteiger partial charge in [-0.2, -0.15) is 0 Å². The molecule has 2 N–H and O–H groups in total. The first-order chi connectivity index (χ1) is 8.60. The molecule has 1 heterocycles. The van der Waals surface area contributed by atoms with E-state index in [2.05, 4.69) is 23.3 Å². The topological polar surface area (TPSA) is 66.0 Å². The largest absolute Gasteiger partial charge is 0.496 e. The molecule has 1 aromatic carbocycles. The SMILES string of the molecule is COc1ccc(C)cc1Cn1cc(C(C)N)nn1. The third kappa shape index (κ3) is 2.68. The molecule has 0 aliphatic carbocycles. The van der Waals surface area contributed by atoms with Crippen LogP contribution >= 0.6 is 0 Å². The number of nitrogens with two attached hydrogens (primary N) is 1. The lowest BCUT2D eigenvalue weighted by atomic mass is 10.1. The van der Waals surface area contributed by atoms with E-state index in [-0.39, 0.29) is 6.04 Å². The molecule has 2 rings (SSSR count). The minimum absolute atomic E-state index is 0.0989. The molecule has 96 valence electrons. The van der Waals surface area contributed by atoms with Crippen LogP contribution in [0.3, 0.4) is 0 Å². The summed E-state index contributed by atoms with van der Waals surface area (Å²) in [7, 11) is 1.67. The lowest BCUT2D eigenvalue weighted by Crippen LogP contribution is -2.05. The Kier molecular flexibility index (Phi) is 3.62. The summed E-state index contributed by atoms with van der Waals surface area (Å²) >= 11 is 0. The normalized spacial score (nSPS) is 12.4. The molecule has 0 aliphatic rings. The van der Waals surface area contributed by atoms with Gasteiger partial charge < -0.3 is 10.5 Å². The van der Waals surface area contributed by atoms with Gasteiger partial charge in [-0.25, -0.2) is 4.68 Å². The van der Waals surface area contributed by atoms with Gasteiger partial charge in [-0.3, -0.25) is 0 Å². The van der Waals surface area contributed by atoms with Crippen molar-refractivity contribution in [3.63, 3.8) is 0 Å². The molecule has 1 unspecified atom stereocenters. The molecule has 0 saturated heterocycles. The Morgan fingerprint density at radius 3 is 2.83 bits per heavy atom. The van der Waals surface area contributed by atoms with Gasteiger partial charge in [0.15, 0.2) is 0 Å². The molecule has 1 atom stereocenters. The maximum atomic E-state index is 5.76. The van der Waals surface area contributed by atoms with Gasteiger partial charge in [-0.1, -0.05) is 22.9 Å². The van der Waals surface area contributed by atoms with Crippen molar-refractivity contribution in [2.24, 2.45) is 5.73 Å². The Labute approximate surface area is 107 Å². The average molecular weight is 246 g/mol. The summed E-state index contributed by atoms with van der Waals surface area (Å²) in [6.45, 7) is 4.57. The number of rotatable bonds is 4. The van der Waals surface area contributed by atoms with Crippen molar-refractivity contribution >= 4 is 0 Å². The molecule has 0 amide bonds. The van der Waals surface area contributed by atoms with Gasteiger partial charge in [-0.05, 0) is 19.9 Å². The second-order valence-corrected chi connectivity index (χ2v) is 4.44. The highest BCUT2D eigenvalue weighted by molar-refractivity contribution is 5.36. The highest BCUT2D eigenvalue weighted by Gasteiger charge is 2.08. The van der Waals surface area contributed by atoms with Crippen molar-refractivity contribution in [1.82, 2.24) is 15.0 Å². The smallest absolute Gasteiger partial charge is 0.123 e. The predicted octanol–water partition coefficient (Wildman–Crippen LogP) is 1.66. The molecule has 0 radical (unpaired) electrons. The van der Waals surface area contributed by atoms with Gasteiger partial charge in [0.25, 0.3) is 0 Å². The number of hydrogen-bond donors (Lipinski definition) is 1.